The van der Waals surface area contributed by atoms with Crippen molar-refractivity contribution in [2.75, 3.05) is 0 Å². The van der Waals surface area contributed by atoms with Crippen LogP contribution in [0.15, 0.2) is 0 Å². The van der Waals surface area contributed by atoms with Gasteiger partial charge >= 0.3 is 5.97 Å². The van der Waals surface area contributed by atoms with E-state index in [0.29, 0.717) is 5.69 Å². The first-order valence-corrected chi connectivity index (χ1v) is 3.33. The molecule has 0 spiro atoms. The lowest BCUT2D eigenvalue weighted by atomic mass is 10.3. The van der Waals surface area contributed by atoms with E-state index in [0.717, 1.165) is 11.5 Å². The Morgan fingerprint density at radius 1 is 1.64 bits per heavy atom. The number of aromatic amines is 1. The first kappa shape index (κ1) is 7.78. The fourth-order valence-electron chi connectivity index (χ4n) is 0.973. The Balaban J connectivity index is 2.85. The van der Waals surface area contributed by atoms with Crippen molar-refractivity contribution >= 4 is 5.97 Å². The molecule has 1 aromatic heterocycles. The fourth-order valence-corrected chi connectivity index (χ4v) is 0.973. The minimum absolute atomic E-state index is 0.00380. The highest BCUT2D eigenvalue weighted by Gasteiger charge is 2.07. The van der Waals surface area contributed by atoms with Gasteiger partial charge in [-0.25, -0.2) is 4.98 Å². The fraction of sp³-hybridized carbons (Fsp3) is 0.429. The molecule has 1 rings (SSSR count). The maximum absolute atomic E-state index is 10.3. The molecule has 0 aliphatic heterocycles. The van der Waals surface area contributed by atoms with Gasteiger partial charge < -0.3 is 10.1 Å². The van der Waals surface area contributed by atoms with Crippen molar-refractivity contribution in [3.63, 3.8) is 0 Å². The number of aromatic nitrogens is 2. The molecule has 0 saturated carbocycles. The Morgan fingerprint density at radius 2 is 2.27 bits per heavy atom. The lowest BCUT2D eigenvalue weighted by Crippen LogP contribution is -2.01. The molecule has 0 amide bonds. The molecule has 0 unspecified atom stereocenters. The zero-order valence-electron chi connectivity index (χ0n) is 6.51. The Morgan fingerprint density at radius 3 is 2.64 bits per heavy atom. The van der Waals surface area contributed by atoms with Gasteiger partial charge in [-0.1, -0.05) is 0 Å². The van der Waals surface area contributed by atoms with Gasteiger partial charge in [0.2, 0.25) is 0 Å². The monoisotopic (exact) mass is 154 g/mol. The van der Waals surface area contributed by atoms with Crippen molar-refractivity contribution in [2.45, 2.75) is 20.3 Å². The van der Waals surface area contributed by atoms with Crippen molar-refractivity contribution in [1.82, 2.24) is 9.97 Å². The van der Waals surface area contributed by atoms with Gasteiger partial charge in [0.05, 0.1) is 12.1 Å². The molecule has 0 aliphatic carbocycles. The van der Waals surface area contributed by atoms with Crippen LogP contribution in [0.5, 0.6) is 0 Å². The van der Waals surface area contributed by atoms with Crippen LogP contribution < -0.4 is 0 Å². The molecular weight excluding hydrogens is 144 g/mol. The summed E-state index contributed by atoms with van der Waals surface area (Å²) in [4.78, 5) is 17.2. The second-order valence-corrected chi connectivity index (χ2v) is 2.46. The van der Waals surface area contributed by atoms with E-state index < -0.39 is 5.97 Å². The van der Waals surface area contributed by atoms with E-state index in [4.69, 9.17) is 5.11 Å². The number of aryl methyl sites for hydroxylation is 2. The van der Waals surface area contributed by atoms with E-state index in [2.05, 4.69) is 9.97 Å². The molecule has 0 bridgehead atoms. The number of carboxylic acid groups (broad SMARTS) is 1. The number of nitrogens with one attached hydrogen (secondary N) is 1. The highest BCUT2D eigenvalue weighted by molar-refractivity contribution is 5.69. The molecule has 4 nitrogen and oxygen atoms in total. The van der Waals surface area contributed by atoms with Gasteiger partial charge in [-0.3, -0.25) is 4.79 Å². The van der Waals surface area contributed by atoms with Gasteiger partial charge in [0.15, 0.2) is 0 Å². The van der Waals surface area contributed by atoms with E-state index in [-0.39, 0.29) is 6.42 Å². The summed E-state index contributed by atoms with van der Waals surface area (Å²) in [5, 5.41) is 8.45. The van der Waals surface area contributed by atoms with E-state index in [1.54, 1.807) is 6.92 Å². The number of carbonyl (C=O) groups is 1. The molecule has 2 N–H and O–H groups in total. The Hall–Kier alpha value is -1.32. The Bertz CT molecular complexity index is 278. The van der Waals surface area contributed by atoms with Crippen LogP contribution >= 0.6 is 0 Å². The molecule has 0 atom stereocenters. The summed E-state index contributed by atoms with van der Waals surface area (Å²) in [6, 6.07) is 0. The van der Waals surface area contributed by atoms with E-state index in [1.165, 1.54) is 0 Å². The van der Waals surface area contributed by atoms with Crippen molar-refractivity contribution in [3.05, 3.63) is 17.2 Å². The van der Waals surface area contributed by atoms with Crippen molar-refractivity contribution in [1.29, 1.82) is 0 Å². The number of hydrogen-bond donors (Lipinski definition) is 2. The van der Waals surface area contributed by atoms with Gasteiger partial charge in [-0.2, -0.15) is 0 Å². The molecule has 0 aliphatic rings. The van der Waals surface area contributed by atoms with Gasteiger partial charge in [0.25, 0.3) is 0 Å². The zero-order chi connectivity index (χ0) is 8.43. The predicted octanol–water partition coefficient (Wildman–Crippen LogP) is 0.654. The van der Waals surface area contributed by atoms with Crippen LogP contribution in [-0.2, 0) is 11.2 Å². The second kappa shape index (κ2) is 2.74. The molecule has 60 valence electrons. The van der Waals surface area contributed by atoms with E-state index in [1.807, 2.05) is 6.92 Å². The zero-order valence-corrected chi connectivity index (χ0v) is 6.51. The van der Waals surface area contributed by atoms with Crippen LogP contribution in [-0.4, -0.2) is 21.0 Å². The van der Waals surface area contributed by atoms with Gasteiger partial charge in [0.1, 0.15) is 5.82 Å². The topological polar surface area (TPSA) is 66.0 Å². The highest BCUT2D eigenvalue weighted by Crippen LogP contribution is 2.04. The van der Waals surface area contributed by atoms with Crippen molar-refractivity contribution in [2.24, 2.45) is 0 Å². The van der Waals surface area contributed by atoms with Crippen LogP contribution in [0.25, 0.3) is 0 Å². The molecule has 1 heterocycles. The van der Waals surface area contributed by atoms with E-state index in [9.17, 15) is 4.79 Å². The summed E-state index contributed by atoms with van der Waals surface area (Å²) in [5.74, 6) is -0.0849. The molecular formula is C7H10N2O2. The normalized spacial score (nSPS) is 10.0. The number of aliphatic carboxylic acids is 1. The number of imidazole rings is 1. The quantitative estimate of drug-likeness (QED) is 0.657. The number of rotatable bonds is 2. The standard InChI is InChI=1S/C7H10N2O2/c1-4-6(3-7(10)11)9-5(2)8-4/h3H2,1-2H3,(H,8,9)(H,10,11). The van der Waals surface area contributed by atoms with Crippen molar-refractivity contribution in [3.8, 4) is 0 Å². The largest absolute Gasteiger partial charge is 0.481 e. The molecule has 11 heavy (non-hydrogen) atoms. The smallest absolute Gasteiger partial charge is 0.309 e. The molecule has 1 aromatic rings. The predicted molar refractivity (Wildman–Crippen MR) is 39.4 cm³/mol. The SMILES string of the molecule is Cc1nc(CC(=O)O)c(C)[nH]1. The average molecular weight is 154 g/mol. The third kappa shape index (κ3) is 1.80. The van der Waals surface area contributed by atoms with Crippen LogP contribution in [0, 0.1) is 13.8 Å². The third-order valence-corrected chi connectivity index (χ3v) is 1.42. The summed E-state index contributed by atoms with van der Waals surface area (Å²) >= 11 is 0. The summed E-state index contributed by atoms with van der Waals surface area (Å²) in [6.45, 7) is 3.62. The average Bonchev–Trinajstić information content (AvgIpc) is 2.09. The highest BCUT2D eigenvalue weighted by atomic mass is 16.4. The summed E-state index contributed by atoms with van der Waals surface area (Å²) in [5.41, 5.74) is 1.46. The maximum Gasteiger partial charge on any atom is 0.309 e. The molecule has 0 aromatic carbocycles. The number of carboxylic acids is 1. The molecule has 0 radical (unpaired) electrons. The van der Waals surface area contributed by atoms with Gasteiger partial charge in [-0.15, -0.1) is 0 Å². The lowest BCUT2D eigenvalue weighted by molar-refractivity contribution is -0.136. The van der Waals surface area contributed by atoms with Crippen LogP contribution in [0.4, 0.5) is 0 Å². The van der Waals surface area contributed by atoms with Crippen LogP contribution in [0.2, 0.25) is 0 Å². The van der Waals surface area contributed by atoms with Crippen molar-refractivity contribution < 1.29 is 9.90 Å². The van der Waals surface area contributed by atoms with Crippen LogP contribution in [0.1, 0.15) is 17.2 Å². The number of H-pyrrole nitrogens is 1. The van der Waals surface area contributed by atoms with Crippen LogP contribution in [0.3, 0.4) is 0 Å². The van der Waals surface area contributed by atoms with Gasteiger partial charge in [0, 0.05) is 5.69 Å². The summed E-state index contributed by atoms with van der Waals surface area (Å²) < 4.78 is 0. The first-order chi connectivity index (χ1) is 5.09. The third-order valence-electron chi connectivity index (χ3n) is 1.42. The molecule has 0 saturated heterocycles. The minimum Gasteiger partial charge on any atom is -0.481 e. The lowest BCUT2D eigenvalue weighted by Gasteiger charge is -1.89. The Kier molecular flexibility index (Phi) is 1.94. The Labute approximate surface area is 64.3 Å². The summed E-state index contributed by atoms with van der Waals surface area (Å²) in [6.07, 6.45) is -0.00380. The maximum atomic E-state index is 10.3. The molecule has 0 fully saturated rings. The minimum atomic E-state index is -0.848. The molecule has 4 heteroatoms. The van der Waals surface area contributed by atoms with Gasteiger partial charge in [-0.05, 0) is 13.8 Å². The number of nitrogens with zero attached hydrogens (tertiary/aromatic N) is 1. The second-order valence-electron chi connectivity index (χ2n) is 2.46. The first-order valence-electron chi connectivity index (χ1n) is 3.33. The summed E-state index contributed by atoms with van der Waals surface area (Å²) in [7, 11) is 0. The number of hydrogen-bond acceptors (Lipinski definition) is 2. The van der Waals surface area contributed by atoms with E-state index >= 15 is 0 Å².